The monoisotopic (exact) mass is 518 g/mol. The number of anilines is 1. The number of benzene rings is 1. The molecule has 1 fully saturated rings. The van der Waals surface area contributed by atoms with Crippen molar-refractivity contribution in [1.82, 2.24) is 35.1 Å². The summed E-state index contributed by atoms with van der Waals surface area (Å²) in [5.41, 5.74) is 5.74. The molecule has 0 radical (unpaired) electrons. The lowest BCUT2D eigenvalue weighted by molar-refractivity contribution is -0.119. The molecule has 0 saturated heterocycles. The normalized spacial score (nSPS) is 13.9. The van der Waals surface area contributed by atoms with E-state index in [2.05, 4.69) is 35.5 Å². The van der Waals surface area contributed by atoms with Crippen LogP contribution in [0.5, 0.6) is 0 Å². The molecule has 6 aromatic rings. The van der Waals surface area contributed by atoms with Crippen LogP contribution >= 0.6 is 0 Å². The summed E-state index contributed by atoms with van der Waals surface area (Å²) in [4.78, 5) is 33.6. The summed E-state index contributed by atoms with van der Waals surface area (Å²) < 4.78 is 15.2. The van der Waals surface area contributed by atoms with Crippen LogP contribution in [0.1, 0.15) is 25.7 Å². The third kappa shape index (κ3) is 4.19. The molecule has 3 N–H and O–H groups in total. The van der Waals surface area contributed by atoms with E-state index in [-0.39, 0.29) is 17.3 Å². The summed E-state index contributed by atoms with van der Waals surface area (Å²) in [6, 6.07) is 10.7. The Morgan fingerprint density at radius 2 is 1.77 bits per heavy atom. The standard InChI is InChI=1S/C29H23FN8O/c30-22-13-18(19-11-20(15-32-14-19)34-29(39)17-3-1-2-4-17)12-21-25(22)37-38-26(21)28-35-23-7-10-33-24(27(23)36-28)16-5-8-31-9-6-16/h5-15,17H,1-4H2,(H,34,39)(H,35,36)(H,37,38). The number of nitrogens with one attached hydrogen (secondary N) is 3. The van der Waals surface area contributed by atoms with Gasteiger partial charge in [-0.3, -0.25) is 24.8 Å². The Kier molecular flexibility index (Phi) is 5.58. The van der Waals surface area contributed by atoms with Crippen LogP contribution in [0.3, 0.4) is 0 Å². The van der Waals surface area contributed by atoms with Gasteiger partial charge >= 0.3 is 0 Å². The van der Waals surface area contributed by atoms with Gasteiger partial charge in [0, 0.05) is 47.2 Å². The summed E-state index contributed by atoms with van der Waals surface area (Å²) in [6.45, 7) is 0. The molecular weight excluding hydrogens is 495 g/mol. The van der Waals surface area contributed by atoms with E-state index in [1.165, 1.54) is 6.07 Å². The Balaban J connectivity index is 1.27. The highest BCUT2D eigenvalue weighted by atomic mass is 19.1. The van der Waals surface area contributed by atoms with Crippen molar-refractivity contribution >= 4 is 33.5 Å². The van der Waals surface area contributed by atoms with Crippen LogP contribution < -0.4 is 5.32 Å². The molecule has 192 valence electrons. The molecule has 1 aromatic carbocycles. The van der Waals surface area contributed by atoms with Crippen LogP contribution in [-0.4, -0.2) is 41.0 Å². The first-order valence-electron chi connectivity index (χ1n) is 12.8. The van der Waals surface area contributed by atoms with Gasteiger partial charge in [0.2, 0.25) is 5.91 Å². The van der Waals surface area contributed by atoms with Gasteiger partial charge in [-0.25, -0.2) is 9.37 Å². The Hall–Kier alpha value is -4.99. The number of imidazole rings is 1. The molecule has 1 amide bonds. The minimum Gasteiger partial charge on any atom is -0.337 e. The second kappa shape index (κ2) is 9.39. The fourth-order valence-electron chi connectivity index (χ4n) is 5.30. The molecular formula is C29H23FN8O. The van der Waals surface area contributed by atoms with Gasteiger partial charge in [-0.2, -0.15) is 5.10 Å². The first-order chi connectivity index (χ1) is 19.1. The molecule has 0 spiro atoms. The number of amides is 1. The second-order valence-corrected chi connectivity index (χ2v) is 9.76. The van der Waals surface area contributed by atoms with E-state index in [4.69, 9.17) is 4.98 Å². The largest absolute Gasteiger partial charge is 0.337 e. The van der Waals surface area contributed by atoms with Crippen molar-refractivity contribution in [2.24, 2.45) is 5.92 Å². The smallest absolute Gasteiger partial charge is 0.227 e. The lowest BCUT2D eigenvalue weighted by Gasteiger charge is -2.11. The van der Waals surface area contributed by atoms with Gasteiger partial charge in [0.05, 0.1) is 23.1 Å². The zero-order valence-electron chi connectivity index (χ0n) is 20.8. The van der Waals surface area contributed by atoms with Crippen LogP contribution in [0.15, 0.2) is 67.4 Å². The van der Waals surface area contributed by atoms with Crippen LogP contribution in [0.25, 0.3) is 55.8 Å². The van der Waals surface area contributed by atoms with Crippen molar-refractivity contribution in [2.75, 3.05) is 5.32 Å². The number of hydrogen-bond donors (Lipinski definition) is 3. The van der Waals surface area contributed by atoms with Gasteiger partial charge in [-0.15, -0.1) is 0 Å². The Morgan fingerprint density at radius 3 is 2.62 bits per heavy atom. The molecule has 1 aliphatic rings. The van der Waals surface area contributed by atoms with Crippen molar-refractivity contribution in [3.8, 4) is 33.9 Å². The zero-order chi connectivity index (χ0) is 26.3. The Labute approximate surface area is 222 Å². The number of aromatic nitrogens is 7. The van der Waals surface area contributed by atoms with Crippen molar-refractivity contribution in [2.45, 2.75) is 25.7 Å². The molecule has 39 heavy (non-hydrogen) atoms. The summed E-state index contributed by atoms with van der Waals surface area (Å²) in [7, 11) is 0. The highest BCUT2D eigenvalue weighted by Gasteiger charge is 2.23. The van der Waals surface area contributed by atoms with Crippen molar-refractivity contribution in [1.29, 1.82) is 0 Å². The van der Waals surface area contributed by atoms with E-state index in [1.54, 1.807) is 31.0 Å². The quantitative estimate of drug-likeness (QED) is 0.261. The summed E-state index contributed by atoms with van der Waals surface area (Å²) in [6.07, 6.45) is 12.4. The lowest BCUT2D eigenvalue weighted by Crippen LogP contribution is -2.20. The number of carbonyl (C=O) groups is 1. The molecule has 10 heteroatoms. The molecule has 1 saturated carbocycles. The van der Waals surface area contributed by atoms with Crippen LogP contribution in [0, 0.1) is 11.7 Å². The predicted octanol–water partition coefficient (Wildman–Crippen LogP) is 5.89. The predicted molar refractivity (Wildman–Crippen MR) is 146 cm³/mol. The second-order valence-electron chi connectivity index (χ2n) is 9.76. The fourth-order valence-corrected chi connectivity index (χ4v) is 5.30. The third-order valence-corrected chi connectivity index (χ3v) is 7.27. The average molecular weight is 519 g/mol. The van der Waals surface area contributed by atoms with Gasteiger partial charge in [0.1, 0.15) is 16.7 Å². The first-order valence-corrected chi connectivity index (χ1v) is 12.8. The van der Waals surface area contributed by atoms with E-state index in [9.17, 15) is 4.79 Å². The van der Waals surface area contributed by atoms with E-state index >= 15 is 4.39 Å². The average Bonchev–Trinajstić information content (AvgIpc) is 3.73. The van der Waals surface area contributed by atoms with E-state index in [0.717, 1.165) is 42.5 Å². The number of fused-ring (bicyclic) bond motifs is 2. The molecule has 5 aromatic heterocycles. The first kappa shape index (κ1) is 23.2. The van der Waals surface area contributed by atoms with Crippen LogP contribution in [0.2, 0.25) is 0 Å². The molecule has 0 bridgehead atoms. The molecule has 0 unspecified atom stereocenters. The highest BCUT2D eigenvalue weighted by Crippen LogP contribution is 2.34. The molecule has 9 nitrogen and oxygen atoms in total. The van der Waals surface area contributed by atoms with Gasteiger partial charge in [0.25, 0.3) is 0 Å². The summed E-state index contributed by atoms with van der Waals surface area (Å²) >= 11 is 0. The van der Waals surface area contributed by atoms with E-state index < -0.39 is 5.82 Å². The number of hydrogen-bond acceptors (Lipinski definition) is 6. The van der Waals surface area contributed by atoms with Crippen molar-refractivity contribution in [3.05, 3.63) is 73.2 Å². The fraction of sp³-hybridized carbons (Fsp3) is 0.172. The highest BCUT2D eigenvalue weighted by molar-refractivity contribution is 5.98. The van der Waals surface area contributed by atoms with Crippen molar-refractivity contribution < 1.29 is 9.18 Å². The van der Waals surface area contributed by atoms with E-state index in [1.807, 2.05) is 30.3 Å². The third-order valence-electron chi connectivity index (χ3n) is 7.27. The topological polar surface area (TPSA) is 125 Å². The van der Waals surface area contributed by atoms with Gasteiger partial charge < -0.3 is 10.3 Å². The number of carbonyl (C=O) groups excluding carboxylic acids is 1. The van der Waals surface area contributed by atoms with Crippen LogP contribution in [-0.2, 0) is 4.79 Å². The summed E-state index contributed by atoms with van der Waals surface area (Å²) in [5, 5.41) is 10.7. The molecule has 0 atom stereocenters. The maximum absolute atomic E-state index is 15.2. The van der Waals surface area contributed by atoms with Crippen molar-refractivity contribution in [3.63, 3.8) is 0 Å². The SMILES string of the molecule is O=C(Nc1cncc(-c2cc(F)c3n[nH]c(-c4nc5c(-c6ccncc6)nccc5[nH]4)c3c2)c1)C1CCCC1. The molecule has 7 rings (SSSR count). The lowest BCUT2D eigenvalue weighted by atomic mass is 10.0. The number of H-pyrrole nitrogens is 2. The zero-order valence-corrected chi connectivity index (χ0v) is 20.8. The minimum atomic E-state index is -0.472. The number of rotatable bonds is 5. The maximum atomic E-state index is 15.2. The maximum Gasteiger partial charge on any atom is 0.227 e. The number of nitrogens with zero attached hydrogens (tertiary/aromatic N) is 5. The minimum absolute atomic E-state index is 0.00992. The van der Waals surface area contributed by atoms with Gasteiger partial charge in [-0.05, 0) is 54.8 Å². The van der Waals surface area contributed by atoms with E-state index in [0.29, 0.717) is 39.2 Å². The number of halogens is 1. The number of aromatic amines is 2. The molecule has 1 aliphatic carbocycles. The summed E-state index contributed by atoms with van der Waals surface area (Å²) in [5.74, 6) is 0.0911. The van der Waals surface area contributed by atoms with Crippen LogP contribution in [0.4, 0.5) is 10.1 Å². The Bertz CT molecular complexity index is 1840. The number of pyridine rings is 3. The molecule has 5 heterocycles. The Morgan fingerprint density at radius 1 is 0.923 bits per heavy atom. The van der Waals surface area contributed by atoms with Gasteiger partial charge in [0.15, 0.2) is 11.6 Å². The molecule has 0 aliphatic heterocycles. The van der Waals surface area contributed by atoms with Gasteiger partial charge in [-0.1, -0.05) is 12.8 Å².